The molecule has 0 amide bonds. The highest BCUT2D eigenvalue weighted by molar-refractivity contribution is 7.89. The lowest BCUT2D eigenvalue weighted by Gasteiger charge is -2.16. The molecule has 1 aromatic rings. The van der Waals surface area contributed by atoms with Gasteiger partial charge in [-0.15, -0.1) is 0 Å². The number of aromatic nitrogens is 1. The van der Waals surface area contributed by atoms with Gasteiger partial charge in [0.25, 0.3) is 0 Å². The summed E-state index contributed by atoms with van der Waals surface area (Å²) in [7, 11) is -1.87. The van der Waals surface area contributed by atoms with Crippen LogP contribution in [0.2, 0.25) is 5.02 Å². The molecule has 0 atom stereocenters. The Bertz CT molecular complexity index is 543. The van der Waals surface area contributed by atoms with Crippen LogP contribution >= 0.6 is 11.6 Å². The molecular weight excluding hydrogens is 274 g/mol. The Kier molecular flexibility index (Phi) is 3.79. The van der Waals surface area contributed by atoms with Gasteiger partial charge in [0.1, 0.15) is 10.7 Å². The van der Waals surface area contributed by atoms with E-state index in [1.54, 1.807) is 7.05 Å². The second-order valence-electron chi connectivity index (χ2n) is 4.28. The van der Waals surface area contributed by atoms with Crippen LogP contribution in [0.5, 0.6) is 0 Å². The third-order valence-corrected chi connectivity index (χ3v) is 5.06. The van der Waals surface area contributed by atoms with Crippen LogP contribution < -0.4 is 5.32 Å². The van der Waals surface area contributed by atoms with Gasteiger partial charge in [0.05, 0.1) is 5.02 Å². The van der Waals surface area contributed by atoms with Crippen molar-refractivity contribution in [3.05, 3.63) is 17.3 Å². The Morgan fingerprint density at radius 1 is 1.56 bits per heavy atom. The van der Waals surface area contributed by atoms with Crippen molar-refractivity contribution in [2.45, 2.75) is 30.7 Å². The predicted octanol–water partition coefficient (Wildman–Crippen LogP) is 1.95. The quantitative estimate of drug-likeness (QED) is 0.900. The number of hydrogen-bond donors (Lipinski definition) is 1. The summed E-state index contributed by atoms with van der Waals surface area (Å²) >= 11 is 6.01. The zero-order valence-electron chi connectivity index (χ0n) is 10.4. The molecule has 0 saturated heterocycles. The minimum absolute atomic E-state index is 0.127. The summed E-state index contributed by atoms with van der Waals surface area (Å²) in [6.07, 6.45) is 3.19. The first-order valence-electron chi connectivity index (χ1n) is 5.84. The highest BCUT2D eigenvalue weighted by Gasteiger charge is 2.35. The van der Waals surface area contributed by atoms with Gasteiger partial charge in [0.15, 0.2) is 0 Å². The predicted molar refractivity (Wildman–Crippen MR) is 71.4 cm³/mol. The molecule has 18 heavy (non-hydrogen) atoms. The van der Waals surface area contributed by atoms with E-state index in [0.29, 0.717) is 17.4 Å². The Balaban J connectivity index is 2.30. The van der Waals surface area contributed by atoms with E-state index in [4.69, 9.17) is 11.6 Å². The minimum Gasteiger partial charge on any atom is -0.369 e. The maximum atomic E-state index is 12.2. The Morgan fingerprint density at radius 3 is 2.72 bits per heavy atom. The average Bonchev–Trinajstić information content (AvgIpc) is 3.15. The monoisotopic (exact) mass is 289 g/mol. The van der Waals surface area contributed by atoms with E-state index < -0.39 is 10.0 Å². The number of hydrogen-bond acceptors (Lipinski definition) is 4. The zero-order chi connectivity index (χ0) is 13.3. The normalized spacial score (nSPS) is 16.0. The van der Waals surface area contributed by atoms with E-state index in [-0.39, 0.29) is 10.9 Å². The molecule has 0 spiro atoms. The van der Waals surface area contributed by atoms with E-state index >= 15 is 0 Å². The number of sulfonamides is 1. The maximum absolute atomic E-state index is 12.2. The largest absolute Gasteiger partial charge is 0.369 e. The number of halogens is 1. The fourth-order valence-corrected chi connectivity index (χ4v) is 3.35. The standard InChI is InChI=1S/C11H16ClN3O2S/c1-3-13-11-10(12)6-9(7-14-11)18(16,17)15(2)8-4-5-8/h6-8H,3-5H2,1-2H3,(H,13,14). The van der Waals surface area contributed by atoms with Crippen LogP contribution in [0.3, 0.4) is 0 Å². The number of nitrogens with zero attached hydrogens (tertiary/aromatic N) is 2. The van der Waals surface area contributed by atoms with Crippen molar-refractivity contribution in [3.63, 3.8) is 0 Å². The van der Waals surface area contributed by atoms with E-state index in [0.717, 1.165) is 12.8 Å². The summed E-state index contributed by atoms with van der Waals surface area (Å²) in [6, 6.07) is 1.57. The lowest BCUT2D eigenvalue weighted by Crippen LogP contribution is -2.29. The second-order valence-corrected chi connectivity index (χ2v) is 6.69. The van der Waals surface area contributed by atoms with Crippen molar-refractivity contribution in [2.75, 3.05) is 18.9 Å². The summed E-state index contributed by atoms with van der Waals surface area (Å²) in [5, 5.41) is 3.29. The van der Waals surface area contributed by atoms with Gasteiger partial charge in [-0.3, -0.25) is 0 Å². The molecule has 1 saturated carbocycles. The number of rotatable bonds is 5. The molecule has 0 bridgehead atoms. The Hall–Kier alpha value is -0.850. The van der Waals surface area contributed by atoms with Crippen LogP contribution in [-0.4, -0.2) is 37.3 Å². The topological polar surface area (TPSA) is 62.3 Å². The molecular formula is C11H16ClN3O2S. The average molecular weight is 290 g/mol. The van der Waals surface area contributed by atoms with Crippen LogP contribution in [0, 0.1) is 0 Å². The van der Waals surface area contributed by atoms with Gasteiger partial charge in [-0.2, -0.15) is 4.31 Å². The number of pyridine rings is 1. The van der Waals surface area contributed by atoms with Crippen LogP contribution in [0.15, 0.2) is 17.2 Å². The maximum Gasteiger partial charge on any atom is 0.244 e. The van der Waals surface area contributed by atoms with Crippen molar-refractivity contribution in [2.24, 2.45) is 0 Å². The van der Waals surface area contributed by atoms with Crippen LogP contribution in [0.1, 0.15) is 19.8 Å². The van der Waals surface area contributed by atoms with E-state index in [1.807, 2.05) is 6.92 Å². The van der Waals surface area contributed by atoms with E-state index in [1.165, 1.54) is 16.6 Å². The molecule has 7 heteroatoms. The highest BCUT2D eigenvalue weighted by atomic mass is 35.5. The summed E-state index contributed by atoms with van der Waals surface area (Å²) in [5.74, 6) is 0.507. The molecule has 0 radical (unpaired) electrons. The van der Waals surface area contributed by atoms with Gasteiger partial charge >= 0.3 is 0 Å². The van der Waals surface area contributed by atoms with Crippen molar-refractivity contribution in [1.29, 1.82) is 0 Å². The first-order valence-corrected chi connectivity index (χ1v) is 7.66. The van der Waals surface area contributed by atoms with Crippen molar-refractivity contribution in [3.8, 4) is 0 Å². The summed E-state index contributed by atoms with van der Waals surface area (Å²) in [4.78, 5) is 4.19. The van der Waals surface area contributed by atoms with Gasteiger partial charge in [-0.1, -0.05) is 11.6 Å². The van der Waals surface area contributed by atoms with Crippen LogP contribution in [-0.2, 0) is 10.0 Å². The molecule has 2 rings (SSSR count). The second kappa shape index (κ2) is 5.03. The first kappa shape index (κ1) is 13.6. The SMILES string of the molecule is CCNc1ncc(S(=O)(=O)N(C)C2CC2)cc1Cl. The highest BCUT2D eigenvalue weighted by Crippen LogP contribution is 2.31. The summed E-state index contributed by atoms with van der Waals surface area (Å²) < 4.78 is 25.9. The van der Waals surface area contributed by atoms with Crippen LogP contribution in [0.25, 0.3) is 0 Å². The van der Waals surface area contributed by atoms with Crippen LogP contribution in [0.4, 0.5) is 5.82 Å². The molecule has 1 aliphatic rings. The molecule has 1 aliphatic carbocycles. The molecule has 0 aromatic carbocycles. The van der Waals surface area contributed by atoms with Gasteiger partial charge < -0.3 is 5.32 Å². The molecule has 0 unspecified atom stereocenters. The van der Waals surface area contributed by atoms with Crippen molar-refractivity contribution < 1.29 is 8.42 Å². The van der Waals surface area contributed by atoms with Crippen molar-refractivity contribution in [1.82, 2.24) is 9.29 Å². The third-order valence-electron chi connectivity index (χ3n) is 2.90. The van der Waals surface area contributed by atoms with E-state index in [2.05, 4.69) is 10.3 Å². The summed E-state index contributed by atoms with van der Waals surface area (Å²) in [5.41, 5.74) is 0. The van der Waals surface area contributed by atoms with Gasteiger partial charge in [0.2, 0.25) is 10.0 Å². The molecule has 5 nitrogen and oxygen atoms in total. The molecule has 0 aliphatic heterocycles. The third kappa shape index (κ3) is 2.60. The zero-order valence-corrected chi connectivity index (χ0v) is 11.9. The smallest absolute Gasteiger partial charge is 0.244 e. The molecule has 1 N–H and O–H groups in total. The van der Waals surface area contributed by atoms with E-state index in [9.17, 15) is 8.42 Å². The van der Waals surface area contributed by atoms with Crippen molar-refractivity contribution >= 4 is 27.4 Å². The van der Waals surface area contributed by atoms with Gasteiger partial charge in [-0.05, 0) is 25.8 Å². The molecule has 100 valence electrons. The lowest BCUT2D eigenvalue weighted by atomic mass is 10.4. The number of nitrogens with one attached hydrogen (secondary N) is 1. The molecule has 1 fully saturated rings. The Morgan fingerprint density at radius 2 is 2.22 bits per heavy atom. The Labute approximate surface area is 112 Å². The van der Waals surface area contributed by atoms with Gasteiger partial charge in [0, 0.05) is 25.8 Å². The lowest BCUT2D eigenvalue weighted by molar-refractivity contribution is 0.464. The fourth-order valence-electron chi connectivity index (χ4n) is 1.66. The molecule has 1 aromatic heterocycles. The minimum atomic E-state index is -3.47. The van der Waals surface area contributed by atoms with Gasteiger partial charge in [-0.25, -0.2) is 13.4 Å². The fraction of sp³-hybridized carbons (Fsp3) is 0.545. The summed E-state index contributed by atoms with van der Waals surface area (Å²) in [6.45, 7) is 2.60. The first-order chi connectivity index (χ1) is 8.46. The number of anilines is 1. The molecule has 1 heterocycles.